The van der Waals surface area contributed by atoms with Gasteiger partial charge in [0.25, 0.3) is 5.91 Å². The van der Waals surface area contributed by atoms with Crippen LogP contribution in [0.3, 0.4) is 0 Å². The van der Waals surface area contributed by atoms with E-state index in [9.17, 15) is 9.18 Å². The number of halogens is 1. The summed E-state index contributed by atoms with van der Waals surface area (Å²) in [6.07, 6.45) is 1.19. The van der Waals surface area contributed by atoms with E-state index in [1.54, 1.807) is 35.4 Å². The van der Waals surface area contributed by atoms with Crippen LogP contribution >= 0.6 is 0 Å². The molecule has 120 valence electrons. The van der Waals surface area contributed by atoms with Gasteiger partial charge in [0.05, 0.1) is 18.4 Å². The molecular formula is C19H15FN2O2. The van der Waals surface area contributed by atoms with Gasteiger partial charge in [0.2, 0.25) is 0 Å². The van der Waals surface area contributed by atoms with Gasteiger partial charge < -0.3 is 14.6 Å². The zero-order valence-electron chi connectivity index (χ0n) is 12.8. The first-order valence-corrected chi connectivity index (χ1v) is 7.67. The third-order valence-electron chi connectivity index (χ3n) is 4.11. The highest BCUT2D eigenvalue weighted by Gasteiger charge is 2.33. The third-order valence-corrected chi connectivity index (χ3v) is 4.11. The second-order valence-corrected chi connectivity index (χ2v) is 5.66. The lowest BCUT2D eigenvalue weighted by atomic mass is 10.0. The summed E-state index contributed by atoms with van der Waals surface area (Å²) >= 11 is 0. The number of anilines is 1. The Labute approximate surface area is 138 Å². The lowest BCUT2D eigenvalue weighted by Gasteiger charge is -2.37. The summed E-state index contributed by atoms with van der Waals surface area (Å²) in [6.45, 7) is 0.329. The largest absolute Gasteiger partial charge is 0.467 e. The van der Waals surface area contributed by atoms with Crippen LogP contribution in [0.1, 0.15) is 27.8 Å². The van der Waals surface area contributed by atoms with Gasteiger partial charge in [-0.25, -0.2) is 4.39 Å². The Balaban J connectivity index is 1.76. The van der Waals surface area contributed by atoms with Crippen molar-refractivity contribution < 1.29 is 13.6 Å². The Kier molecular flexibility index (Phi) is 3.54. The minimum atomic E-state index is -0.391. The average Bonchev–Trinajstić information content (AvgIpc) is 3.11. The van der Waals surface area contributed by atoms with Gasteiger partial charge in [-0.2, -0.15) is 0 Å². The molecule has 0 saturated heterocycles. The van der Waals surface area contributed by atoms with E-state index >= 15 is 0 Å². The molecule has 0 aliphatic carbocycles. The van der Waals surface area contributed by atoms with Crippen molar-refractivity contribution in [3.63, 3.8) is 0 Å². The van der Waals surface area contributed by atoms with Crippen LogP contribution in [0.5, 0.6) is 0 Å². The van der Waals surface area contributed by atoms with Gasteiger partial charge in [-0.05, 0) is 42.0 Å². The number of fused-ring (bicyclic) bond motifs is 1. The highest BCUT2D eigenvalue weighted by molar-refractivity contribution is 6.01. The molecule has 0 radical (unpaired) electrons. The summed E-state index contributed by atoms with van der Waals surface area (Å²) < 4.78 is 18.7. The number of para-hydroxylation sites is 1. The smallest absolute Gasteiger partial charge is 0.258 e. The molecule has 2 heterocycles. The highest BCUT2D eigenvalue weighted by Crippen LogP contribution is 2.34. The van der Waals surface area contributed by atoms with E-state index in [1.807, 2.05) is 24.3 Å². The monoisotopic (exact) mass is 322 g/mol. The molecule has 1 N–H and O–H groups in total. The molecule has 2 aromatic carbocycles. The number of hydrogen-bond acceptors (Lipinski definition) is 3. The topological polar surface area (TPSA) is 45.5 Å². The molecule has 1 aromatic heterocycles. The molecule has 0 spiro atoms. The zero-order valence-corrected chi connectivity index (χ0v) is 12.8. The fraction of sp³-hybridized carbons (Fsp3) is 0.105. The quantitative estimate of drug-likeness (QED) is 0.786. The molecule has 4 nitrogen and oxygen atoms in total. The van der Waals surface area contributed by atoms with Gasteiger partial charge in [-0.1, -0.05) is 24.3 Å². The summed E-state index contributed by atoms with van der Waals surface area (Å²) in [4.78, 5) is 14.7. The van der Waals surface area contributed by atoms with Crippen molar-refractivity contribution in [2.24, 2.45) is 0 Å². The van der Waals surface area contributed by atoms with E-state index in [4.69, 9.17) is 4.42 Å². The van der Waals surface area contributed by atoms with Crippen LogP contribution in [0, 0.1) is 5.82 Å². The van der Waals surface area contributed by atoms with E-state index in [2.05, 4.69) is 5.32 Å². The molecule has 0 bridgehead atoms. The first kappa shape index (κ1) is 14.5. The number of benzene rings is 2. The number of carbonyl (C=O) groups is 1. The summed E-state index contributed by atoms with van der Waals surface area (Å²) in [5, 5.41) is 3.37. The van der Waals surface area contributed by atoms with Crippen LogP contribution in [0.4, 0.5) is 10.1 Å². The van der Waals surface area contributed by atoms with Gasteiger partial charge >= 0.3 is 0 Å². The van der Waals surface area contributed by atoms with Crippen LogP contribution in [-0.4, -0.2) is 10.8 Å². The number of amides is 1. The van der Waals surface area contributed by atoms with Crippen molar-refractivity contribution in [1.29, 1.82) is 0 Å². The predicted octanol–water partition coefficient (Wildman–Crippen LogP) is 4.19. The van der Waals surface area contributed by atoms with Gasteiger partial charge in [0.1, 0.15) is 17.7 Å². The molecule has 3 aromatic rings. The van der Waals surface area contributed by atoms with Gasteiger partial charge in [-0.15, -0.1) is 0 Å². The molecule has 1 amide bonds. The molecule has 1 atom stereocenters. The molecule has 1 aliphatic rings. The van der Waals surface area contributed by atoms with E-state index in [0.29, 0.717) is 17.9 Å². The maximum absolute atomic E-state index is 13.3. The molecule has 0 fully saturated rings. The van der Waals surface area contributed by atoms with Crippen molar-refractivity contribution in [2.45, 2.75) is 12.7 Å². The number of carbonyl (C=O) groups excluding carboxylic acids is 1. The van der Waals surface area contributed by atoms with E-state index in [-0.39, 0.29) is 11.7 Å². The predicted molar refractivity (Wildman–Crippen MR) is 87.8 cm³/mol. The van der Waals surface area contributed by atoms with Gasteiger partial charge in [0.15, 0.2) is 0 Å². The molecule has 24 heavy (non-hydrogen) atoms. The minimum Gasteiger partial charge on any atom is -0.467 e. The Morgan fingerprint density at radius 2 is 1.83 bits per heavy atom. The number of rotatable bonds is 3. The van der Waals surface area contributed by atoms with Gasteiger partial charge in [-0.3, -0.25) is 4.79 Å². The van der Waals surface area contributed by atoms with Crippen LogP contribution in [0.15, 0.2) is 71.3 Å². The molecular weight excluding hydrogens is 307 g/mol. The number of hydrogen-bond donors (Lipinski definition) is 1. The number of furan rings is 1. The summed E-state index contributed by atoms with van der Waals surface area (Å²) in [5.74, 6) is 0.297. The maximum Gasteiger partial charge on any atom is 0.258 e. The Morgan fingerprint density at radius 1 is 1.04 bits per heavy atom. The summed E-state index contributed by atoms with van der Waals surface area (Å²) in [5.41, 5.74) is 2.20. The molecule has 0 saturated carbocycles. The van der Waals surface area contributed by atoms with Crippen molar-refractivity contribution in [2.75, 3.05) is 5.32 Å². The van der Waals surface area contributed by atoms with Crippen LogP contribution in [0.25, 0.3) is 0 Å². The minimum absolute atomic E-state index is 0.0879. The number of nitrogens with zero attached hydrogens (tertiary/aromatic N) is 1. The Hall–Kier alpha value is -3.08. The first-order chi connectivity index (χ1) is 11.7. The zero-order chi connectivity index (χ0) is 16.5. The molecule has 1 aliphatic heterocycles. The van der Waals surface area contributed by atoms with Gasteiger partial charge in [0, 0.05) is 5.69 Å². The second kappa shape index (κ2) is 5.85. The van der Waals surface area contributed by atoms with Crippen molar-refractivity contribution in [3.05, 3.63) is 89.6 Å². The summed E-state index contributed by atoms with van der Waals surface area (Å²) in [7, 11) is 0. The Morgan fingerprint density at radius 3 is 2.58 bits per heavy atom. The molecule has 5 heteroatoms. The van der Waals surface area contributed by atoms with Crippen molar-refractivity contribution >= 4 is 11.6 Å². The molecule has 4 rings (SSSR count). The van der Waals surface area contributed by atoms with Crippen LogP contribution < -0.4 is 5.32 Å². The lowest BCUT2D eigenvalue weighted by molar-refractivity contribution is 0.0651. The van der Waals surface area contributed by atoms with E-state index < -0.39 is 6.17 Å². The lowest BCUT2D eigenvalue weighted by Crippen LogP contribution is -2.42. The third kappa shape index (κ3) is 2.54. The van der Waals surface area contributed by atoms with Crippen molar-refractivity contribution in [3.8, 4) is 0 Å². The normalized spacial score (nSPS) is 16.6. The second-order valence-electron chi connectivity index (χ2n) is 5.66. The van der Waals surface area contributed by atoms with E-state index in [1.165, 1.54) is 12.1 Å². The fourth-order valence-corrected chi connectivity index (χ4v) is 2.93. The van der Waals surface area contributed by atoms with Crippen LogP contribution in [-0.2, 0) is 6.54 Å². The van der Waals surface area contributed by atoms with Crippen LogP contribution in [0.2, 0.25) is 0 Å². The summed E-state index contributed by atoms with van der Waals surface area (Å²) in [6, 6.07) is 17.2. The fourth-order valence-electron chi connectivity index (χ4n) is 2.93. The maximum atomic E-state index is 13.3. The SMILES string of the molecule is O=C1c2ccccc2N[C@@H](c2ccc(F)cc2)N1Cc1ccco1. The highest BCUT2D eigenvalue weighted by atomic mass is 19.1. The first-order valence-electron chi connectivity index (χ1n) is 7.67. The Bertz CT molecular complexity index is 859. The number of nitrogens with one attached hydrogen (secondary N) is 1. The average molecular weight is 322 g/mol. The van der Waals surface area contributed by atoms with Crippen molar-refractivity contribution in [1.82, 2.24) is 4.90 Å². The van der Waals surface area contributed by atoms with E-state index in [0.717, 1.165) is 11.3 Å². The molecule has 0 unspecified atom stereocenters. The standard InChI is InChI=1S/C19H15FN2O2/c20-14-9-7-13(8-10-14)18-21-17-6-2-1-5-16(17)19(23)22(18)12-15-4-3-11-24-15/h1-11,18,21H,12H2/t18-/m1/s1.